The fourth-order valence-corrected chi connectivity index (χ4v) is 3.26. The molecule has 0 amide bonds. The van der Waals surface area contributed by atoms with Gasteiger partial charge in [0.05, 0.1) is 12.6 Å². The molecule has 2 unspecified atom stereocenters. The predicted octanol–water partition coefficient (Wildman–Crippen LogP) is 0.784. The average Bonchev–Trinajstić information content (AvgIpc) is 2.10. The summed E-state index contributed by atoms with van der Waals surface area (Å²) < 4.78 is 7.47. The maximum Gasteiger partial charge on any atom is 0.201 e. The minimum absolute atomic E-state index is 0.122. The molecule has 0 aliphatic carbocycles. The predicted molar refractivity (Wildman–Crippen MR) is 54.3 cm³/mol. The van der Waals surface area contributed by atoms with Crippen LogP contribution in [0.4, 0.5) is 0 Å². The van der Waals surface area contributed by atoms with E-state index in [4.69, 9.17) is 22.8 Å². The van der Waals surface area contributed by atoms with Crippen molar-refractivity contribution in [1.29, 1.82) is 0 Å². The Labute approximate surface area is 78.7 Å². The minimum atomic E-state index is -1.98. The third kappa shape index (κ3) is 1.71. The molecule has 68 valence electrons. The van der Waals surface area contributed by atoms with Gasteiger partial charge >= 0.3 is 0 Å². The van der Waals surface area contributed by atoms with E-state index in [1.54, 1.807) is 0 Å². The Morgan fingerprint density at radius 1 is 1.83 bits per heavy atom. The molecule has 1 N–H and O–H groups in total. The summed E-state index contributed by atoms with van der Waals surface area (Å²) >= 11 is 5.33. The van der Waals surface area contributed by atoms with Crippen molar-refractivity contribution < 1.29 is 4.52 Å². The average molecular weight is 204 g/mol. The Morgan fingerprint density at radius 3 is 3.00 bits per heavy atom. The van der Waals surface area contributed by atoms with Gasteiger partial charge in [0, 0.05) is 0 Å². The molecule has 0 aromatic heterocycles. The maximum absolute atomic E-state index is 5.50. The lowest BCUT2D eigenvalue weighted by atomic mass is 10.2. The number of nitrogens with one attached hydrogen (secondary N) is 1. The summed E-state index contributed by atoms with van der Waals surface area (Å²) in [6, 6.07) is 0.122. The molecular weight excluding hydrogens is 191 g/mol. The fraction of sp³-hybridized carbons (Fsp3) is 0.714. The van der Waals surface area contributed by atoms with Gasteiger partial charge in [-0.3, -0.25) is 5.09 Å². The van der Waals surface area contributed by atoms with E-state index in [0.717, 1.165) is 6.42 Å². The normalized spacial score (nSPS) is 37.6. The molecule has 0 bridgehead atoms. The van der Waals surface area contributed by atoms with E-state index < -0.39 is 6.57 Å². The van der Waals surface area contributed by atoms with Crippen molar-refractivity contribution in [1.82, 2.24) is 9.76 Å². The highest BCUT2D eigenvalue weighted by Gasteiger charge is 2.31. The minimum Gasteiger partial charge on any atom is -0.327 e. The molecule has 0 aromatic carbocycles. The van der Waals surface area contributed by atoms with Crippen LogP contribution >= 0.6 is 6.57 Å². The van der Waals surface area contributed by atoms with Crippen LogP contribution in [0.3, 0.4) is 0 Å². The van der Waals surface area contributed by atoms with Gasteiger partial charge in [-0.15, -0.1) is 6.42 Å². The first-order chi connectivity index (χ1) is 5.64. The van der Waals surface area contributed by atoms with E-state index in [1.807, 2.05) is 18.8 Å². The summed E-state index contributed by atoms with van der Waals surface area (Å²) in [5.74, 6) is 2.71. The van der Waals surface area contributed by atoms with Crippen molar-refractivity contribution >= 4 is 18.4 Å². The Bertz CT molecular complexity index is 250. The van der Waals surface area contributed by atoms with Gasteiger partial charge < -0.3 is 4.52 Å². The van der Waals surface area contributed by atoms with Crippen LogP contribution in [0.15, 0.2) is 0 Å². The monoisotopic (exact) mass is 204 g/mol. The molecular formula is C7H13N2OPS. The van der Waals surface area contributed by atoms with E-state index >= 15 is 0 Å². The zero-order valence-corrected chi connectivity index (χ0v) is 8.99. The van der Waals surface area contributed by atoms with Crippen LogP contribution in [0.2, 0.25) is 0 Å². The quantitative estimate of drug-likeness (QED) is 0.504. The lowest BCUT2D eigenvalue weighted by Gasteiger charge is -2.38. The van der Waals surface area contributed by atoms with Crippen LogP contribution in [-0.4, -0.2) is 31.4 Å². The van der Waals surface area contributed by atoms with Crippen molar-refractivity contribution in [3.8, 4) is 12.3 Å². The van der Waals surface area contributed by atoms with E-state index in [9.17, 15) is 0 Å². The highest BCUT2D eigenvalue weighted by Crippen LogP contribution is 2.49. The molecule has 0 aromatic rings. The van der Waals surface area contributed by atoms with E-state index in [0.29, 0.717) is 6.61 Å². The Hall–Kier alpha value is 0.0900. The fourth-order valence-electron chi connectivity index (χ4n) is 1.16. The van der Waals surface area contributed by atoms with Crippen LogP contribution in [0.1, 0.15) is 6.42 Å². The Morgan fingerprint density at radius 2 is 2.50 bits per heavy atom. The van der Waals surface area contributed by atoms with Crippen molar-refractivity contribution in [2.45, 2.75) is 12.5 Å². The van der Waals surface area contributed by atoms with Gasteiger partial charge in [-0.2, -0.15) is 0 Å². The van der Waals surface area contributed by atoms with Crippen LogP contribution in [-0.2, 0) is 16.3 Å². The SMILES string of the molecule is C#CC1CCOP(=S)(NC)N1C. The summed E-state index contributed by atoms with van der Waals surface area (Å²) in [6.45, 7) is -1.32. The first-order valence-corrected chi connectivity index (χ1v) is 6.44. The summed E-state index contributed by atoms with van der Waals surface area (Å²) in [5, 5.41) is 3.03. The molecule has 0 saturated carbocycles. The molecule has 1 aliphatic rings. The van der Waals surface area contributed by atoms with Crippen LogP contribution in [0, 0.1) is 12.3 Å². The first-order valence-electron chi connectivity index (χ1n) is 3.77. The zero-order chi connectivity index (χ0) is 9.19. The number of nitrogens with zero attached hydrogens (tertiary/aromatic N) is 1. The van der Waals surface area contributed by atoms with Crippen molar-refractivity contribution in [2.75, 3.05) is 20.7 Å². The van der Waals surface area contributed by atoms with E-state index in [-0.39, 0.29) is 6.04 Å². The van der Waals surface area contributed by atoms with E-state index in [1.165, 1.54) is 0 Å². The van der Waals surface area contributed by atoms with Crippen molar-refractivity contribution in [3.05, 3.63) is 0 Å². The van der Waals surface area contributed by atoms with Crippen LogP contribution < -0.4 is 5.09 Å². The van der Waals surface area contributed by atoms with Crippen LogP contribution in [0.5, 0.6) is 0 Å². The second-order valence-corrected chi connectivity index (χ2v) is 6.48. The molecule has 1 rings (SSSR count). The van der Waals surface area contributed by atoms with Gasteiger partial charge in [-0.25, -0.2) is 4.67 Å². The number of terminal acetylenes is 1. The van der Waals surface area contributed by atoms with E-state index in [2.05, 4.69) is 11.0 Å². The highest BCUT2D eigenvalue weighted by atomic mass is 32.5. The van der Waals surface area contributed by atoms with Gasteiger partial charge in [-0.1, -0.05) is 5.92 Å². The molecule has 3 nitrogen and oxygen atoms in total. The lowest BCUT2D eigenvalue weighted by Crippen LogP contribution is -2.37. The topological polar surface area (TPSA) is 24.5 Å². The van der Waals surface area contributed by atoms with Crippen LogP contribution in [0.25, 0.3) is 0 Å². The molecule has 12 heavy (non-hydrogen) atoms. The molecule has 0 spiro atoms. The number of hydrogen-bond donors (Lipinski definition) is 1. The third-order valence-electron chi connectivity index (χ3n) is 2.00. The van der Waals surface area contributed by atoms with Gasteiger partial charge in [0.1, 0.15) is 0 Å². The molecule has 1 fully saturated rings. The number of hydrogen-bond acceptors (Lipinski definition) is 2. The van der Waals surface area contributed by atoms with Gasteiger partial charge in [-0.05, 0) is 32.3 Å². The Kier molecular flexibility index (Phi) is 3.28. The van der Waals surface area contributed by atoms with Gasteiger partial charge in [0.15, 0.2) is 0 Å². The second-order valence-electron chi connectivity index (χ2n) is 2.62. The smallest absolute Gasteiger partial charge is 0.201 e. The summed E-state index contributed by atoms with van der Waals surface area (Å²) in [6.07, 6.45) is 6.23. The number of rotatable bonds is 1. The summed E-state index contributed by atoms with van der Waals surface area (Å²) in [5.41, 5.74) is 0. The lowest BCUT2D eigenvalue weighted by molar-refractivity contribution is 0.228. The molecule has 2 atom stereocenters. The highest BCUT2D eigenvalue weighted by molar-refractivity contribution is 8.10. The standard InChI is InChI=1S/C7H13N2OPS/c1-4-7-5-6-10-11(12,8-2)9(7)3/h1,7H,5-6H2,2-3H3,(H,8,12). The zero-order valence-electron chi connectivity index (χ0n) is 7.28. The first kappa shape index (κ1) is 10.2. The molecule has 1 heterocycles. The second kappa shape index (κ2) is 3.87. The van der Waals surface area contributed by atoms with Gasteiger partial charge in [0.2, 0.25) is 6.57 Å². The van der Waals surface area contributed by atoms with Gasteiger partial charge in [0.25, 0.3) is 0 Å². The molecule has 1 saturated heterocycles. The largest absolute Gasteiger partial charge is 0.327 e. The Balaban J connectivity index is 2.80. The van der Waals surface area contributed by atoms with Crippen molar-refractivity contribution in [2.24, 2.45) is 0 Å². The molecule has 1 aliphatic heterocycles. The molecule has 0 radical (unpaired) electrons. The van der Waals surface area contributed by atoms with Crippen molar-refractivity contribution in [3.63, 3.8) is 0 Å². The summed E-state index contributed by atoms with van der Waals surface area (Å²) in [7, 11) is 3.73. The molecule has 5 heteroatoms. The summed E-state index contributed by atoms with van der Waals surface area (Å²) in [4.78, 5) is 0. The maximum atomic E-state index is 5.50. The third-order valence-corrected chi connectivity index (χ3v) is 5.84.